The minimum absolute atomic E-state index is 0.139. The van der Waals surface area contributed by atoms with E-state index in [0.29, 0.717) is 12.2 Å². The first-order valence-electron chi connectivity index (χ1n) is 6.80. The Morgan fingerprint density at radius 1 is 1.22 bits per heavy atom. The number of aliphatic hydroxyl groups is 1. The molecule has 0 saturated heterocycles. The molecule has 120 valence electrons. The Morgan fingerprint density at radius 3 is 2.52 bits per heavy atom. The summed E-state index contributed by atoms with van der Waals surface area (Å²) in [6.45, 7) is 0. The molecule has 0 aliphatic rings. The standard InChI is InChI=1S/C17H14F3NO2/c1-2-3-14(22)10-12-4-6-15(7-5-12)23-16-11-13(8-9-21-16)17(18,19)20/h1,4-9,11,14,22H,3,10H2. The van der Waals surface area contributed by atoms with Crippen LogP contribution in [-0.4, -0.2) is 16.2 Å². The number of hydrogen-bond acceptors (Lipinski definition) is 3. The Labute approximate surface area is 131 Å². The molecule has 1 aromatic carbocycles. The molecular formula is C17H14F3NO2. The monoisotopic (exact) mass is 321 g/mol. The van der Waals surface area contributed by atoms with E-state index in [1.807, 2.05) is 0 Å². The van der Waals surface area contributed by atoms with E-state index < -0.39 is 17.8 Å². The molecule has 23 heavy (non-hydrogen) atoms. The highest BCUT2D eigenvalue weighted by atomic mass is 19.4. The third kappa shape index (κ3) is 5.01. The molecule has 0 aliphatic carbocycles. The molecule has 1 aromatic heterocycles. The van der Waals surface area contributed by atoms with Crippen molar-refractivity contribution in [2.75, 3.05) is 0 Å². The van der Waals surface area contributed by atoms with Gasteiger partial charge in [0, 0.05) is 18.7 Å². The van der Waals surface area contributed by atoms with Gasteiger partial charge in [-0.2, -0.15) is 13.2 Å². The smallest absolute Gasteiger partial charge is 0.416 e. The number of rotatable bonds is 5. The second-order valence-corrected chi connectivity index (χ2v) is 4.89. The number of aromatic nitrogens is 1. The van der Waals surface area contributed by atoms with Crippen molar-refractivity contribution in [3.05, 3.63) is 53.7 Å². The number of aliphatic hydroxyl groups excluding tert-OH is 1. The van der Waals surface area contributed by atoms with E-state index in [4.69, 9.17) is 11.2 Å². The van der Waals surface area contributed by atoms with Crippen LogP contribution in [0.4, 0.5) is 13.2 Å². The highest BCUT2D eigenvalue weighted by Gasteiger charge is 2.31. The molecule has 3 nitrogen and oxygen atoms in total. The zero-order chi connectivity index (χ0) is 16.9. The average Bonchev–Trinajstić information content (AvgIpc) is 2.49. The predicted molar refractivity (Wildman–Crippen MR) is 78.9 cm³/mol. The molecule has 2 rings (SSSR count). The van der Waals surface area contributed by atoms with Crippen molar-refractivity contribution in [1.29, 1.82) is 0 Å². The van der Waals surface area contributed by atoms with Crippen molar-refractivity contribution in [3.8, 4) is 24.0 Å². The van der Waals surface area contributed by atoms with E-state index in [0.717, 1.165) is 23.9 Å². The summed E-state index contributed by atoms with van der Waals surface area (Å²) in [6.07, 6.45) is 1.74. The van der Waals surface area contributed by atoms with Crippen LogP contribution in [0, 0.1) is 12.3 Å². The summed E-state index contributed by atoms with van der Waals surface area (Å²) in [4.78, 5) is 3.76. The molecule has 0 aliphatic heterocycles. The number of ether oxygens (including phenoxy) is 1. The van der Waals surface area contributed by atoms with Crippen molar-refractivity contribution in [2.45, 2.75) is 25.1 Å². The fourth-order valence-corrected chi connectivity index (χ4v) is 1.94. The SMILES string of the molecule is C#CCC(O)Cc1ccc(Oc2cc(C(F)(F)F)ccn2)cc1. The van der Waals surface area contributed by atoms with E-state index in [9.17, 15) is 18.3 Å². The van der Waals surface area contributed by atoms with Crippen LogP contribution in [0.2, 0.25) is 0 Å². The molecule has 0 saturated carbocycles. The van der Waals surface area contributed by atoms with Gasteiger partial charge in [-0.05, 0) is 30.2 Å². The van der Waals surface area contributed by atoms with Gasteiger partial charge in [-0.3, -0.25) is 0 Å². The maximum Gasteiger partial charge on any atom is 0.416 e. The Bertz CT molecular complexity index is 690. The molecule has 1 heterocycles. The molecule has 0 bridgehead atoms. The normalized spacial score (nSPS) is 12.5. The van der Waals surface area contributed by atoms with Gasteiger partial charge in [-0.1, -0.05) is 12.1 Å². The van der Waals surface area contributed by atoms with Gasteiger partial charge in [0.1, 0.15) is 5.75 Å². The van der Waals surface area contributed by atoms with Gasteiger partial charge >= 0.3 is 6.18 Å². The quantitative estimate of drug-likeness (QED) is 0.851. The van der Waals surface area contributed by atoms with Gasteiger partial charge < -0.3 is 9.84 Å². The molecule has 0 spiro atoms. The number of terminal acetylenes is 1. The lowest BCUT2D eigenvalue weighted by atomic mass is 10.1. The lowest BCUT2D eigenvalue weighted by molar-refractivity contribution is -0.137. The van der Waals surface area contributed by atoms with Crippen LogP contribution >= 0.6 is 0 Å². The fraction of sp³-hybridized carbons (Fsp3) is 0.235. The van der Waals surface area contributed by atoms with Crippen molar-refractivity contribution >= 4 is 0 Å². The average molecular weight is 321 g/mol. The van der Waals surface area contributed by atoms with Crippen LogP contribution in [-0.2, 0) is 12.6 Å². The first-order valence-corrected chi connectivity index (χ1v) is 6.80. The molecule has 1 unspecified atom stereocenters. The van der Waals surface area contributed by atoms with Crippen LogP contribution in [0.5, 0.6) is 11.6 Å². The van der Waals surface area contributed by atoms with Crippen molar-refractivity contribution in [2.24, 2.45) is 0 Å². The second kappa shape index (κ2) is 7.16. The molecule has 0 fully saturated rings. The Balaban J connectivity index is 2.05. The summed E-state index contributed by atoms with van der Waals surface area (Å²) in [5, 5.41) is 9.62. The lowest BCUT2D eigenvalue weighted by Crippen LogP contribution is -2.08. The summed E-state index contributed by atoms with van der Waals surface area (Å²) in [6, 6.07) is 8.33. The van der Waals surface area contributed by atoms with Crippen molar-refractivity contribution in [3.63, 3.8) is 0 Å². The molecule has 0 radical (unpaired) electrons. The first kappa shape index (κ1) is 16.8. The van der Waals surface area contributed by atoms with E-state index >= 15 is 0 Å². The van der Waals surface area contributed by atoms with Crippen LogP contribution in [0.3, 0.4) is 0 Å². The van der Waals surface area contributed by atoms with Gasteiger partial charge in [-0.15, -0.1) is 12.3 Å². The third-order valence-electron chi connectivity index (χ3n) is 3.03. The van der Waals surface area contributed by atoms with E-state index in [2.05, 4.69) is 10.9 Å². The Hall–Kier alpha value is -2.52. The lowest BCUT2D eigenvalue weighted by Gasteiger charge is -2.10. The number of nitrogens with zero attached hydrogens (tertiary/aromatic N) is 1. The summed E-state index contributed by atoms with van der Waals surface area (Å²) in [5.41, 5.74) is 0.0219. The van der Waals surface area contributed by atoms with Gasteiger partial charge in [0.05, 0.1) is 11.7 Å². The molecule has 6 heteroatoms. The number of benzene rings is 1. The van der Waals surface area contributed by atoms with Gasteiger partial charge in [-0.25, -0.2) is 4.98 Å². The van der Waals surface area contributed by atoms with E-state index in [-0.39, 0.29) is 12.3 Å². The number of hydrogen-bond donors (Lipinski definition) is 1. The topological polar surface area (TPSA) is 42.4 Å². The zero-order valence-corrected chi connectivity index (χ0v) is 12.0. The Morgan fingerprint density at radius 2 is 1.91 bits per heavy atom. The van der Waals surface area contributed by atoms with Gasteiger partial charge in [0.25, 0.3) is 0 Å². The summed E-state index contributed by atoms with van der Waals surface area (Å²) >= 11 is 0. The minimum Gasteiger partial charge on any atom is -0.439 e. The fourth-order valence-electron chi connectivity index (χ4n) is 1.94. The zero-order valence-electron chi connectivity index (χ0n) is 12.0. The van der Waals surface area contributed by atoms with E-state index in [1.54, 1.807) is 24.3 Å². The third-order valence-corrected chi connectivity index (χ3v) is 3.03. The van der Waals surface area contributed by atoms with Crippen molar-refractivity contribution < 1.29 is 23.0 Å². The first-order chi connectivity index (χ1) is 10.9. The molecule has 2 aromatic rings. The number of alkyl halides is 3. The summed E-state index contributed by atoms with van der Waals surface area (Å²) in [5.74, 6) is 2.59. The maximum absolute atomic E-state index is 12.6. The number of pyridine rings is 1. The molecular weight excluding hydrogens is 307 g/mol. The summed E-state index contributed by atoms with van der Waals surface area (Å²) in [7, 11) is 0. The number of halogens is 3. The minimum atomic E-state index is -4.45. The largest absolute Gasteiger partial charge is 0.439 e. The highest BCUT2D eigenvalue weighted by molar-refractivity contribution is 5.32. The molecule has 0 amide bonds. The van der Waals surface area contributed by atoms with Crippen LogP contribution in [0.25, 0.3) is 0 Å². The molecule has 1 atom stereocenters. The Kier molecular flexibility index (Phi) is 5.24. The highest BCUT2D eigenvalue weighted by Crippen LogP contribution is 2.31. The summed E-state index contributed by atoms with van der Waals surface area (Å²) < 4.78 is 43.2. The van der Waals surface area contributed by atoms with E-state index in [1.165, 1.54) is 0 Å². The molecule has 1 N–H and O–H groups in total. The van der Waals surface area contributed by atoms with Crippen LogP contribution in [0.15, 0.2) is 42.6 Å². The van der Waals surface area contributed by atoms with Gasteiger partial charge in [0.2, 0.25) is 5.88 Å². The van der Waals surface area contributed by atoms with Gasteiger partial charge in [0.15, 0.2) is 0 Å². The van der Waals surface area contributed by atoms with Crippen LogP contribution in [0.1, 0.15) is 17.5 Å². The predicted octanol–water partition coefficient (Wildman–Crippen LogP) is 3.82. The van der Waals surface area contributed by atoms with Crippen molar-refractivity contribution in [1.82, 2.24) is 4.98 Å². The maximum atomic E-state index is 12.6. The van der Waals surface area contributed by atoms with Crippen LogP contribution < -0.4 is 4.74 Å². The second-order valence-electron chi connectivity index (χ2n) is 4.89.